The Morgan fingerprint density at radius 1 is 1.45 bits per heavy atom. The zero-order valence-corrected chi connectivity index (χ0v) is 11.0. The van der Waals surface area contributed by atoms with Gasteiger partial charge in [-0.3, -0.25) is 9.59 Å². The summed E-state index contributed by atoms with van der Waals surface area (Å²) < 4.78 is 1.14. The molecule has 20 heavy (non-hydrogen) atoms. The molecule has 2 aromatic rings. The smallest absolute Gasteiger partial charge is 0.252 e. The molecule has 7 nitrogen and oxygen atoms in total. The average molecular weight is 292 g/mol. The number of carbonyl (C=O) groups is 2. The summed E-state index contributed by atoms with van der Waals surface area (Å²) in [6.07, 6.45) is 1.27. The first-order chi connectivity index (χ1) is 9.65. The van der Waals surface area contributed by atoms with Gasteiger partial charge in [-0.25, -0.2) is 0 Å². The number of anilines is 2. The van der Waals surface area contributed by atoms with E-state index in [1.807, 2.05) is 0 Å². The molecule has 2 heterocycles. The number of para-hydroxylation sites is 1. The molecule has 2 N–H and O–H groups in total. The van der Waals surface area contributed by atoms with Crippen molar-refractivity contribution >= 4 is 35.1 Å². The number of aromatic nitrogens is 3. The normalized spacial score (nSPS) is 17.2. The standard InChI is InChI=1S/C12H10ClN5O2/c13-7-3-1-2-4-8(7)16-11(20)9-5-10(19)18-12(17-9)14-6-15-18/h1-4,6,9H,5H2,(H,16,20)(H,14,15,17). The minimum absolute atomic E-state index is 0.00659. The summed E-state index contributed by atoms with van der Waals surface area (Å²) in [5.41, 5.74) is 0.500. The summed E-state index contributed by atoms with van der Waals surface area (Å²) in [5, 5.41) is 9.75. The quantitative estimate of drug-likeness (QED) is 0.873. The molecule has 0 spiro atoms. The number of hydrogen-bond donors (Lipinski definition) is 2. The van der Waals surface area contributed by atoms with Gasteiger partial charge in [0.15, 0.2) is 0 Å². The van der Waals surface area contributed by atoms with Crippen molar-refractivity contribution in [3.8, 4) is 0 Å². The number of fused-ring (bicyclic) bond motifs is 1. The highest BCUT2D eigenvalue weighted by Gasteiger charge is 2.30. The molecule has 1 amide bonds. The number of carbonyl (C=O) groups excluding carboxylic acids is 2. The molecule has 0 fully saturated rings. The number of hydrogen-bond acceptors (Lipinski definition) is 5. The maximum Gasteiger partial charge on any atom is 0.252 e. The molecule has 0 aliphatic carbocycles. The topological polar surface area (TPSA) is 88.9 Å². The van der Waals surface area contributed by atoms with Gasteiger partial charge in [-0.15, -0.1) is 0 Å². The first kappa shape index (κ1) is 12.6. The third-order valence-corrected chi connectivity index (χ3v) is 3.24. The van der Waals surface area contributed by atoms with E-state index in [1.54, 1.807) is 24.3 Å². The Bertz CT molecular complexity index is 684. The number of amides is 1. The number of nitrogens with zero attached hydrogens (tertiary/aromatic N) is 3. The predicted molar refractivity (Wildman–Crippen MR) is 72.8 cm³/mol. The maximum absolute atomic E-state index is 12.2. The second kappa shape index (κ2) is 4.93. The molecule has 3 rings (SSSR count). The molecule has 0 saturated carbocycles. The zero-order valence-electron chi connectivity index (χ0n) is 10.2. The van der Waals surface area contributed by atoms with Gasteiger partial charge in [0.05, 0.1) is 17.1 Å². The minimum Gasteiger partial charge on any atom is -0.342 e. The number of nitrogens with one attached hydrogen (secondary N) is 2. The first-order valence-electron chi connectivity index (χ1n) is 5.90. The van der Waals surface area contributed by atoms with Crippen molar-refractivity contribution in [1.82, 2.24) is 14.8 Å². The van der Waals surface area contributed by atoms with Crippen molar-refractivity contribution in [3.05, 3.63) is 35.6 Å². The molecule has 0 radical (unpaired) electrons. The fourth-order valence-electron chi connectivity index (χ4n) is 1.93. The summed E-state index contributed by atoms with van der Waals surface area (Å²) in [5.74, 6) is -0.364. The van der Waals surface area contributed by atoms with Gasteiger partial charge < -0.3 is 10.6 Å². The number of benzene rings is 1. The Balaban J connectivity index is 1.76. The van der Waals surface area contributed by atoms with Crippen LogP contribution in [-0.4, -0.2) is 32.6 Å². The third-order valence-electron chi connectivity index (χ3n) is 2.91. The molecule has 1 atom stereocenters. The van der Waals surface area contributed by atoms with Crippen LogP contribution in [-0.2, 0) is 4.79 Å². The van der Waals surface area contributed by atoms with Crippen LogP contribution in [0.1, 0.15) is 11.2 Å². The van der Waals surface area contributed by atoms with Crippen molar-refractivity contribution in [2.24, 2.45) is 0 Å². The van der Waals surface area contributed by atoms with E-state index in [1.165, 1.54) is 6.33 Å². The Labute approximate surface area is 118 Å². The molecule has 1 aromatic heterocycles. The predicted octanol–water partition coefficient (Wildman–Crippen LogP) is 1.39. The van der Waals surface area contributed by atoms with Crippen LogP contribution >= 0.6 is 11.6 Å². The van der Waals surface area contributed by atoms with E-state index in [2.05, 4.69) is 20.7 Å². The van der Waals surface area contributed by atoms with E-state index >= 15 is 0 Å². The summed E-state index contributed by atoms with van der Waals surface area (Å²) >= 11 is 5.97. The summed E-state index contributed by atoms with van der Waals surface area (Å²) in [6.45, 7) is 0. The summed E-state index contributed by atoms with van der Waals surface area (Å²) in [7, 11) is 0. The lowest BCUT2D eigenvalue weighted by Crippen LogP contribution is -2.42. The van der Waals surface area contributed by atoms with Crippen LogP contribution in [0, 0.1) is 0 Å². The van der Waals surface area contributed by atoms with Crippen molar-refractivity contribution in [3.63, 3.8) is 0 Å². The van der Waals surface area contributed by atoms with Crippen LogP contribution in [0.5, 0.6) is 0 Å². The molecule has 0 saturated heterocycles. The fraction of sp³-hybridized carbons (Fsp3) is 0.167. The maximum atomic E-state index is 12.2. The molecule has 1 aliphatic heterocycles. The van der Waals surface area contributed by atoms with Gasteiger partial charge in [0.2, 0.25) is 11.9 Å². The molecule has 1 aromatic carbocycles. The highest BCUT2D eigenvalue weighted by Crippen LogP contribution is 2.22. The van der Waals surface area contributed by atoms with Crippen molar-refractivity contribution in [2.75, 3.05) is 10.6 Å². The van der Waals surface area contributed by atoms with Crippen LogP contribution in [0.2, 0.25) is 5.02 Å². The van der Waals surface area contributed by atoms with Gasteiger partial charge in [0.25, 0.3) is 5.91 Å². The molecule has 1 unspecified atom stereocenters. The highest BCUT2D eigenvalue weighted by molar-refractivity contribution is 6.33. The second-order valence-electron chi connectivity index (χ2n) is 4.26. The minimum atomic E-state index is -0.699. The lowest BCUT2D eigenvalue weighted by atomic mass is 10.1. The fourth-order valence-corrected chi connectivity index (χ4v) is 2.11. The summed E-state index contributed by atoms with van der Waals surface area (Å²) in [6, 6.07) is 6.19. The van der Waals surface area contributed by atoms with Crippen LogP contribution in [0.25, 0.3) is 0 Å². The molecular formula is C12H10ClN5O2. The van der Waals surface area contributed by atoms with Gasteiger partial charge in [0.1, 0.15) is 12.4 Å². The molecule has 102 valence electrons. The first-order valence-corrected chi connectivity index (χ1v) is 6.28. The van der Waals surface area contributed by atoms with Gasteiger partial charge >= 0.3 is 0 Å². The number of halogens is 1. The highest BCUT2D eigenvalue weighted by atomic mass is 35.5. The monoisotopic (exact) mass is 291 g/mol. The van der Waals surface area contributed by atoms with Crippen LogP contribution in [0.4, 0.5) is 11.6 Å². The van der Waals surface area contributed by atoms with Crippen LogP contribution < -0.4 is 10.6 Å². The van der Waals surface area contributed by atoms with E-state index in [9.17, 15) is 9.59 Å². The Morgan fingerprint density at radius 3 is 3.05 bits per heavy atom. The van der Waals surface area contributed by atoms with E-state index in [0.717, 1.165) is 4.68 Å². The summed E-state index contributed by atoms with van der Waals surface area (Å²) in [4.78, 5) is 27.8. The Kier molecular flexibility index (Phi) is 3.11. The third kappa shape index (κ3) is 2.23. The Morgan fingerprint density at radius 2 is 2.25 bits per heavy atom. The molecule has 0 bridgehead atoms. The van der Waals surface area contributed by atoms with Crippen molar-refractivity contribution in [1.29, 1.82) is 0 Å². The SMILES string of the molecule is O=C(Nc1ccccc1Cl)C1CC(=O)n2ncnc2N1. The van der Waals surface area contributed by atoms with Crippen LogP contribution in [0.3, 0.4) is 0 Å². The second-order valence-corrected chi connectivity index (χ2v) is 4.67. The van der Waals surface area contributed by atoms with Crippen molar-refractivity contribution < 1.29 is 9.59 Å². The van der Waals surface area contributed by atoms with E-state index in [4.69, 9.17) is 11.6 Å². The lowest BCUT2D eigenvalue weighted by Gasteiger charge is -2.22. The van der Waals surface area contributed by atoms with Gasteiger partial charge in [-0.2, -0.15) is 14.8 Å². The largest absolute Gasteiger partial charge is 0.342 e. The zero-order chi connectivity index (χ0) is 14.1. The van der Waals surface area contributed by atoms with Crippen LogP contribution in [0.15, 0.2) is 30.6 Å². The van der Waals surface area contributed by atoms with Gasteiger partial charge in [0, 0.05) is 0 Å². The molecular weight excluding hydrogens is 282 g/mol. The molecule has 1 aliphatic rings. The van der Waals surface area contributed by atoms with E-state index < -0.39 is 6.04 Å². The lowest BCUT2D eigenvalue weighted by molar-refractivity contribution is -0.117. The van der Waals surface area contributed by atoms with Gasteiger partial charge in [-0.05, 0) is 12.1 Å². The Hall–Kier alpha value is -2.41. The average Bonchev–Trinajstić information content (AvgIpc) is 2.90. The molecule has 8 heteroatoms. The van der Waals surface area contributed by atoms with E-state index in [-0.39, 0.29) is 24.2 Å². The van der Waals surface area contributed by atoms with Crippen molar-refractivity contribution in [2.45, 2.75) is 12.5 Å². The number of rotatable bonds is 2. The van der Waals surface area contributed by atoms with E-state index in [0.29, 0.717) is 10.7 Å². The van der Waals surface area contributed by atoms with Gasteiger partial charge in [-0.1, -0.05) is 23.7 Å².